The third-order valence-electron chi connectivity index (χ3n) is 8.09. The molecular formula is C45H36BrF4N3O4. The zero-order valence-electron chi connectivity index (χ0n) is 31.1. The standard InChI is InChI=1S/C25H22F2N2O2.C20H14BrF2NO2/c1-25(2,28)13-12-16-4-11-23(31-3)20(14-16)24(30)17-5-8-19(9-6-17)29-22-10-7-18(26)15-21(22)27;1-26-19-9-4-13(21)10-16(19)20(25)12-2-6-15(7-3-12)24-18-8-5-14(22)11-17(18)23/h4-11,14-15,29H,28H2,1-3H3;2-11,24H,1H3. The maximum Gasteiger partial charge on any atom is 0.196 e. The van der Waals surface area contributed by atoms with E-state index in [4.69, 9.17) is 15.2 Å². The number of anilines is 4. The molecule has 0 saturated heterocycles. The maximum absolute atomic E-state index is 13.8. The van der Waals surface area contributed by atoms with E-state index in [1.54, 1.807) is 98.8 Å². The number of carbonyl (C=O) groups is 2. The van der Waals surface area contributed by atoms with Gasteiger partial charge < -0.3 is 25.8 Å². The molecule has 0 spiro atoms. The number of hydrogen-bond acceptors (Lipinski definition) is 7. The Morgan fingerprint density at radius 2 is 1.05 bits per heavy atom. The fourth-order valence-corrected chi connectivity index (χ4v) is 5.63. The van der Waals surface area contributed by atoms with Crippen LogP contribution in [0.1, 0.15) is 51.3 Å². The highest BCUT2D eigenvalue weighted by Gasteiger charge is 2.17. The van der Waals surface area contributed by atoms with Crippen molar-refractivity contribution in [1.82, 2.24) is 0 Å². The molecule has 7 nitrogen and oxygen atoms in total. The van der Waals surface area contributed by atoms with Crippen molar-refractivity contribution in [3.05, 3.63) is 177 Å². The Hall–Kier alpha value is -6.42. The van der Waals surface area contributed by atoms with Gasteiger partial charge in [-0.15, -0.1) is 0 Å². The van der Waals surface area contributed by atoms with E-state index in [-0.39, 0.29) is 22.9 Å². The van der Waals surface area contributed by atoms with Gasteiger partial charge >= 0.3 is 0 Å². The quantitative estimate of drug-likeness (QED) is 0.0717. The summed E-state index contributed by atoms with van der Waals surface area (Å²) in [7, 11) is 3.00. The first-order valence-electron chi connectivity index (χ1n) is 17.2. The summed E-state index contributed by atoms with van der Waals surface area (Å²) in [5.41, 5.74) is 9.01. The first-order valence-corrected chi connectivity index (χ1v) is 18.0. The van der Waals surface area contributed by atoms with Gasteiger partial charge in [-0.3, -0.25) is 9.59 Å². The van der Waals surface area contributed by atoms with E-state index in [2.05, 4.69) is 38.4 Å². The summed E-state index contributed by atoms with van der Waals surface area (Å²) in [6.07, 6.45) is 0. The Balaban J connectivity index is 0.000000221. The number of benzene rings is 6. The van der Waals surface area contributed by atoms with Crippen molar-refractivity contribution in [2.24, 2.45) is 5.73 Å². The monoisotopic (exact) mass is 837 g/mol. The van der Waals surface area contributed by atoms with Crippen LogP contribution < -0.4 is 25.8 Å². The molecule has 6 rings (SSSR count). The van der Waals surface area contributed by atoms with E-state index in [1.807, 2.05) is 0 Å². The van der Waals surface area contributed by atoms with Gasteiger partial charge in [0, 0.05) is 44.7 Å². The molecule has 57 heavy (non-hydrogen) atoms. The third kappa shape index (κ3) is 11.3. The lowest BCUT2D eigenvalue weighted by molar-refractivity contribution is 0.102. The zero-order chi connectivity index (χ0) is 41.3. The third-order valence-corrected chi connectivity index (χ3v) is 8.59. The summed E-state index contributed by atoms with van der Waals surface area (Å²) in [5.74, 6) is 3.69. The van der Waals surface area contributed by atoms with Crippen LogP contribution in [-0.4, -0.2) is 31.3 Å². The second-order valence-electron chi connectivity index (χ2n) is 13.0. The highest BCUT2D eigenvalue weighted by atomic mass is 79.9. The summed E-state index contributed by atoms with van der Waals surface area (Å²) in [4.78, 5) is 25.8. The van der Waals surface area contributed by atoms with Gasteiger partial charge in [-0.1, -0.05) is 27.8 Å². The van der Waals surface area contributed by atoms with Crippen molar-refractivity contribution in [3.63, 3.8) is 0 Å². The molecule has 0 aliphatic carbocycles. The summed E-state index contributed by atoms with van der Waals surface area (Å²) in [6.45, 7) is 3.59. The second-order valence-corrected chi connectivity index (χ2v) is 14.0. The summed E-state index contributed by atoms with van der Waals surface area (Å²) in [6, 6.07) is 30.0. The Morgan fingerprint density at radius 1 is 0.614 bits per heavy atom. The Morgan fingerprint density at radius 3 is 1.47 bits per heavy atom. The minimum atomic E-state index is -0.705. The van der Waals surface area contributed by atoms with Crippen LogP contribution in [0.2, 0.25) is 0 Å². The molecule has 0 amide bonds. The fraction of sp³-hybridized carbons (Fsp3) is 0.111. The minimum Gasteiger partial charge on any atom is -0.496 e. The van der Waals surface area contributed by atoms with Gasteiger partial charge in [0.25, 0.3) is 0 Å². The maximum atomic E-state index is 13.8. The van der Waals surface area contributed by atoms with E-state index in [0.717, 1.165) is 22.7 Å². The Bertz CT molecular complexity index is 2480. The summed E-state index contributed by atoms with van der Waals surface area (Å²) < 4.78 is 64.9. The first-order chi connectivity index (χ1) is 27.1. The van der Waals surface area contributed by atoms with Crippen LogP contribution in [0.4, 0.5) is 40.3 Å². The van der Waals surface area contributed by atoms with Gasteiger partial charge in [0.2, 0.25) is 0 Å². The average Bonchev–Trinajstić information content (AvgIpc) is 3.19. The van der Waals surface area contributed by atoms with E-state index in [0.29, 0.717) is 50.7 Å². The fourth-order valence-electron chi connectivity index (χ4n) is 5.27. The normalized spacial score (nSPS) is 10.6. The molecule has 0 bridgehead atoms. The average molecular weight is 839 g/mol. The molecule has 0 aromatic heterocycles. The number of carbonyl (C=O) groups excluding carboxylic acids is 2. The lowest BCUT2D eigenvalue weighted by Gasteiger charge is -2.11. The molecule has 0 heterocycles. The van der Waals surface area contributed by atoms with Crippen LogP contribution in [-0.2, 0) is 0 Å². The molecule has 0 fully saturated rings. The zero-order valence-corrected chi connectivity index (χ0v) is 32.7. The number of hydrogen-bond donors (Lipinski definition) is 3. The Labute approximate surface area is 336 Å². The van der Waals surface area contributed by atoms with E-state index in [9.17, 15) is 27.2 Å². The molecule has 4 N–H and O–H groups in total. The highest BCUT2D eigenvalue weighted by Crippen LogP contribution is 2.28. The molecule has 0 radical (unpaired) electrons. The van der Waals surface area contributed by atoms with Crippen LogP contribution >= 0.6 is 15.9 Å². The van der Waals surface area contributed by atoms with E-state index >= 15 is 0 Å². The molecule has 0 unspecified atom stereocenters. The van der Waals surface area contributed by atoms with Crippen LogP contribution in [0.3, 0.4) is 0 Å². The van der Waals surface area contributed by atoms with Crippen molar-refractivity contribution in [2.45, 2.75) is 19.4 Å². The molecular weight excluding hydrogens is 802 g/mol. The number of methoxy groups -OCH3 is 2. The molecule has 12 heteroatoms. The number of rotatable bonds is 10. The highest BCUT2D eigenvalue weighted by molar-refractivity contribution is 9.10. The van der Waals surface area contributed by atoms with E-state index < -0.39 is 28.8 Å². The predicted octanol–water partition coefficient (Wildman–Crippen LogP) is 10.7. The lowest BCUT2D eigenvalue weighted by Crippen LogP contribution is -2.29. The largest absolute Gasteiger partial charge is 0.496 e. The topological polar surface area (TPSA) is 103 Å². The van der Waals surface area contributed by atoms with Crippen molar-refractivity contribution in [1.29, 1.82) is 0 Å². The number of nitrogens with two attached hydrogens (primary N) is 1. The molecule has 0 aliphatic rings. The predicted molar refractivity (Wildman–Crippen MR) is 218 cm³/mol. The molecule has 0 saturated carbocycles. The SMILES string of the molecule is COc1ccc(Br)cc1C(=O)c1ccc(Nc2ccc(F)cc2F)cc1.COc1ccc(C#CC(C)(C)N)cc1C(=O)c1ccc(Nc2ccc(F)cc2F)cc1. The van der Waals surface area contributed by atoms with Gasteiger partial charge in [-0.25, -0.2) is 17.6 Å². The van der Waals surface area contributed by atoms with Gasteiger partial charge in [0.1, 0.15) is 34.8 Å². The van der Waals surface area contributed by atoms with E-state index in [1.165, 1.54) is 32.4 Å². The molecule has 0 aliphatic heterocycles. The number of halogens is 5. The lowest BCUT2D eigenvalue weighted by atomic mass is 9.99. The van der Waals surface area contributed by atoms with Crippen molar-refractivity contribution in [2.75, 3.05) is 24.9 Å². The number of ether oxygens (including phenoxy) is 2. The van der Waals surface area contributed by atoms with Gasteiger partial charge in [-0.05, 0) is 123 Å². The van der Waals surface area contributed by atoms with Gasteiger partial charge in [-0.2, -0.15) is 0 Å². The van der Waals surface area contributed by atoms with Crippen molar-refractivity contribution in [3.8, 4) is 23.3 Å². The second kappa shape index (κ2) is 18.5. The van der Waals surface area contributed by atoms with Crippen LogP contribution in [0.5, 0.6) is 11.5 Å². The first kappa shape index (κ1) is 41.7. The minimum absolute atomic E-state index is 0.135. The smallest absolute Gasteiger partial charge is 0.196 e. The summed E-state index contributed by atoms with van der Waals surface area (Å²) >= 11 is 3.35. The Kier molecular flexibility index (Phi) is 13.5. The molecule has 290 valence electrons. The van der Waals surface area contributed by atoms with Crippen LogP contribution in [0.15, 0.2) is 126 Å². The molecule has 6 aromatic rings. The van der Waals surface area contributed by atoms with Crippen molar-refractivity contribution < 1.29 is 36.6 Å². The molecule has 0 atom stereocenters. The van der Waals surface area contributed by atoms with Crippen molar-refractivity contribution >= 4 is 50.2 Å². The van der Waals surface area contributed by atoms with Gasteiger partial charge in [0.15, 0.2) is 11.6 Å². The number of ketones is 2. The van der Waals surface area contributed by atoms with Crippen LogP contribution in [0, 0.1) is 35.1 Å². The summed E-state index contributed by atoms with van der Waals surface area (Å²) in [5, 5.41) is 5.71. The molecule has 6 aromatic carbocycles. The van der Waals surface area contributed by atoms with Gasteiger partial charge in [0.05, 0.1) is 42.3 Å². The van der Waals surface area contributed by atoms with Crippen LogP contribution in [0.25, 0.3) is 0 Å². The number of nitrogens with one attached hydrogen (secondary N) is 2.